The van der Waals surface area contributed by atoms with Crippen LogP contribution in [0.3, 0.4) is 0 Å². The van der Waals surface area contributed by atoms with Gasteiger partial charge in [0.25, 0.3) is 5.91 Å². The highest BCUT2D eigenvalue weighted by Crippen LogP contribution is 2.39. The Morgan fingerprint density at radius 3 is 2.88 bits per heavy atom. The summed E-state index contributed by atoms with van der Waals surface area (Å²) in [4.78, 5) is 15.7. The van der Waals surface area contributed by atoms with Crippen LogP contribution in [0.25, 0.3) is 0 Å². The van der Waals surface area contributed by atoms with E-state index in [0.717, 1.165) is 6.42 Å². The number of aromatic nitrogens is 1. The third kappa shape index (κ3) is 1.95. The second-order valence-electron chi connectivity index (χ2n) is 4.68. The molecule has 0 spiro atoms. The van der Waals surface area contributed by atoms with Crippen molar-refractivity contribution in [3.8, 4) is 0 Å². The lowest BCUT2D eigenvalue weighted by Gasteiger charge is -2.50. The highest BCUT2D eigenvalue weighted by atomic mass is 35.5. The minimum absolute atomic E-state index is 0.0462. The zero-order valence-electron chi connectivity index (χ0n) is 9.16. The largest absolute Gasteiger partial charge is 0.347 e. The first-order valence-electron chi connectivity index (χ1n) is 5.08. The number of nitrogens with zero attached hydrogens (tertiary/aromatic N) is 1. The minimum Gasteiger partial charge on any atom is -0.347 e. The molecule has 16 heavy (non-hydrogen) atoms. The van der Waals surface area contributed by atoms with Crippen LogP contribution < -0.4 is 11.1 Å². The summed E-state index contributed by atoms with van der Waals surface area (Å²) in [5, 5.41) is 4.59. The van der Waals surface area contributed by atoms with E-state index in [0.29, 0.717) is 10.2 Å². The van der Waals surface area contributed by atoms with Crippen LogP contribution in [0.4, 0.5) is 0 Å². The summed E-state index contributed by atoms with van der Waals surface area (Å²) in [5.74, 6) is -0.173. The Morgan fingerprint density at radius 2 is 2.44 bits per heavy atom. The third-order valence-electron chi connectivity index (χ3n) is 3.36. The maximum absolute atomic E-state index is 11.8. The SMILES string of the molecule is CC1(C)C(N)CC1NC(=O)c1csc(Cl)n1. The molecule has 0 radical (unpaired) electrons. The van der Waals surface area contributed by atoms with Gasteiger partial charge in [-0.3, -0.25) is 4.79 Å². The maximum atomic E-state index is 11.8. The highest BCUT2D eigenvalue weighted by Gasteiger charge is 2.46. The number of hydrogen-bond acceptors (Lipinski definition) is 4. The number of halogens is 1. The van der Waals surface area contributed by atoms with E-state index in [1.807, 2.05) is 0 Å². The lowest BCUT2D eigenvalue weighted by atomic mass is 9.63. The number of thiazole rings is 1. The van der Waals surface area contributed by atoms with E-state index in [1.165, 1.54) is 11.3 Å². The third-order valence-corrected chi connectivity index (χ3v) is 4.34. The van der Waals surface area contributed by atoms with E-state index in [4.69, 9.17) is 17.3 Å². The van der Waals surface area contributed by atoms with Gasteiger partial charge in [0.15, 0.2) is 4.47 Å². The Kier molecular flexibility index (Phi) is 2.94. The molecule has 0 aromatic carbocycles. The molecule has 0 bridgehead atoms. The van der Waals surface area contributed by atoms with E-state index in [1.54, 1.807) is 5.38 Å². The normalized spacial score (nSPS) is 27.2. The van der Waals surface area contributed by atoms with Crippen LogP contribution >= 0.6 is 22.9 Å². The average Bonchev–Trinajstić information content (AvgIpc) is 2.64. The molecule has 2 unspecified atom stereocenters. The van der Waals surface area contributed by atoms with Crippen LogP contribution in [0.1, 0.15) is 30.8 Å². The van der Waals surface area contributed by atoms with Gasteiger partial charge >= 0.3 is 0 Å². The molecule has 6 heteroatoms. The van der Waals surface area contributed by atoms with Crippen LogP contribution in [-0.2, 0) is 0 Å². The molecule has 88 valence electrons. The van der Waals surface area contributed by atoms with Crippen molar-refractivity contribution in [3.63, 3.8) is 0 Å². The molecule has 1 saturated carbocycles. The Hall–Kier alpha value is -0.650. The molecule has 1 amide bonds. The van der Waals surface area contributed by atoms with Crippen molar-refractivity contribution in [2.75, 3.05) is 0 Å². The number of nitrogens with two attached hydrogens (primary N) is 1. The molecule has 2 atom stereocenters. The summed E-state index contributed by atoms with van der Waals surface area (Å²) in [5.41, 5.74) is 6.21. The summed E-state index contributed by atoms with van der Waals surface area (Å²) in [7, 11) is 0. The summed E-state index contributed by atoms with van der Waals surface area (Å²) in [6.45, 7) is 4.11. The van der Waals surface area contributed by atoms with Crippen LogP contribution in [0.2, 0.25) is 4.47 Å². The van der Waals surface area contributed by atoms with E-state index < -0.39 is 0 Å². The lowest BCUT2D eigenvalue weighted by Crippen LogP contribution is -2.64. The summed E-state index contributed by atoms with van der Waals surface area (Å²) >= 11 is 6.93. The minimum atomic E-state index is -0.173. The molecule has 0 aliphatic heterocycles. The van der Waals surface area contributed by atoms with Crippen LogP contribution in [-0.4, -0.2) is 23.0 Å². The van der Waals surface area contributed by atoms with Gasteiger partial charge in [-0.1, -0.05) is 25.4 Å². The zero-order chi connectivity index (χ0) is 11.9. The van der Waals surface area contributed by atoms with Gasteiger partial charge in [-0.25, -0.2) is 4.98 Å². The molecule has 1 heterocycles. The molecule has 1 aromatic heterocycles. The Labute approximate surface area is 103 Å². The summed E-state index contributed by atoms with van der Waals surface area (Å²) < 4.78 is 0.384. The monoisotopic (exact) mass is 259 g/mol. The van der Waals surface area contributed by atoms with E-state index >= 15 is 0 Å². The van der Waals surface area contributed by atoms with Crippen LogP contribution in [0.15, 0.2) is 5.38 Å². The van der Waals surface area contributed by atoms with E-state index in [2.05, 4.69) is 24.1 Å². The van der Waals surface area contributed by atoms with Gasteiger partial charge in [0.1, 0.15) is 5.69 Å². The molecule has 3 N–H and O–H groups in total. The number of amides is 1. The number of hydrogen-bond donors (Lipinski definition) is 2. The van der Waals surface area contributed by atoms with E-state index in [9.17, 15) is 4.79 Å². The molecule has 1 fully saturated rings. The maximum Gasteiger partial charge on any atom is 0.271 e. The Bertz CT molecular complexity index is 418. The van der Waals surface area contributed by atoms with Gasteiger partial charge in [0, 0.05) is 22.9 Å². The van der Waals surface area contributed by atoms with Crippen LogP contribution in [0, 0.1) is 5.41 Å². The lowest BCUT2D eigenvalue weighted by molar-refractivity contribution is 0.0584. The van der Waals surface area contributed by atoms with Gasteiger partial charge in [-0.05, 0) is 6.42 Å². The first-order chi connectivity index (χ1) is 7.41. The van der Waals surface area contributed by atoms with Gasteiger partial charge in [-0.2, -0.15) is 0 Å². The molecule has 4 nitrogen and oxygen atoms in total. The van der Waals surface area contributed by atoms with Gasteiger partial charge in [0.2, 0.25) is 0 Å². The van der Waals surface area contributed by atoms with Gasteiger partial charge in [-0.15, -0.1) is 11.3 Å². The van der Waals surface area contributed by atoms with Crippen molar-refractivity contribution in [1.82, 2.24) is 10.3 Å². The van der Waals surface area contributed by atoms with Crippen molar-refractivity contribution in [2.45, 2.75) is 32.4 Å². The number of carbonyl (C=O) groups excluding carboxylic acids is 1. The fourth-order valence-corrected chi connectivity index (χ4v) is 2.54. The zero-order valence-corrected chi connectivity index (χ0v) is 10.7. The predicted molar refractivity (Wildman–Crippen MR) is 64.8 cm³/mol. The molecule has 1 aromatic rings. The predicted octanol–water partition coefficient (Wildman–Crippen LogP) is 1.65. The highest BCUT2D eigenvalue weighted by molar-refractivity contribution is 7.14. The molecular formula is C10H14ClN3OS. The second kappa shape index (κ2) is 3.98. The average molecular weight is 260 g/mol. The Balaban J connectivity index is 1.99. The molecule has 2 rings (SSSR count). The molecule has 1 aliphatic rings. The van der Waals surface area contributed by atoms with Crippen molar-refractivity contribution >= 4 is 28.8 Å². The van der Waals surface area contributed by atoms with Crippen molar-refractivity contribution < 1.29 is 4.79 Å². The van der Waals surface area contributed by atoms with Gasteiger partial charge in [0.05, 0.1) is 0 Å². The molecule has 1 aliphatic carbocycles. The first-order valence-corrected chi connectivity index (χ1v) is 6.34. The molecular weight excluding hydrogens is 246 g/mol. The first kappa shape index (κ1) is 11.8. The van der Waals surface area contributed by atoms with Crippen molar-refractivity contribution in [1.29, 1.82) is 0 Å². The smallest absolute Gasteiger partial charge is 0.271 e. The fourth-order valence-electron chi connectivity index (χ4n) is 1.79. The number of nitrogens with one attached hydrogen (secondary N) is 1. The standard InChI is InChI=1S/C10H14ClN3OS/c1-10(2)6(12)3-7(10)14-8(15)5-4-16-9(11)13-5/h4,6-7H,3,12H2,1-2H3,(H,14,15). The second-order valence-corrected chi connectivity index (χ2v) is 6.12. The van der Waals surface area contributed by atoms with E-state index in [-0.39, 0.29) is 23.4 Å². The van der Waals surface area contributed by atoms with Crippen molar-refractivity contribution in [3.05, 3.63) is 15.5 Å². The van der Waals surface area contributed by atoms with Crippen molar-refractivity contribution in [2.24, 2.45) is 11.1 Å². The number of carbonyl (C=O) groups is 1. The fraction of sp³-hybridized carbons (Fsp3) is 0.600. The summed E-state index contributed by atoms with van der Waals surface area (Å²) in [6.07, 6.45) is 0.816. The molecule has 0 saturated heterocycles. The quantitative estimate of drug-likeness (QED) is 0.849. The van der Waals surface area contributed by atoms with Gasteiger partial charge < -0.3 is 11.1 Å². The summed E-state index contributed by atoms with van der Waals surface area (Å²) in [6, 6.07) is 0.271. The Morgan fingerprint density at radius 1 is 1.75 bits per heavy atom. The topological polar surface area (TPSA) is 68.0 Å². The van der Waals surface area contributed by atoms with Crippen LogP contribution in [0.5, 0.6) is 0 Å². The number of rotatable bonds is 2.